The van der Waals surface area contributed by atoms with Crippen molar-refractivity contribution in [2.45, 2.75) is 44.2 Å². The van der Waals surface area contributed by atoms with Crippen molar-refractivity contribution in [2.24, 2.45) is 0 Å². The largest absolute Gasteiger partial charge is 0.478 e. The van der Waals surface area contributed by atoms with E-state index in [9.17, 15) is 44.3 Å². The van der Waals surface area contributed by atoms with Gasteiger partial charge in [-0.05, 0) is 13.3 Å². The molecule has 2 nitrogen and oxygen atoms in total. The van der Waals surface area contributed by atoms with Gasteiger partial charge in [0, 0.05) is 11.1 Å². The number of hydrogen-bond acceptors (Lipinski definition) is 1. The van der Waals surface area contributed by atoms with Gasteiger partial charge in [-0.3, -0.25) is 0 Å². The van der Waals surface area contributed by atoms with Crippen LogP contribution in [0.3, 0.4) is 0 Å². The molecule has 0 atom stereocenters. The number of carboxylic acids is 1. The SMILES string of the molecule is CCC(=C(C)C(=O)O)C(F)(F)C(F)(F)C(F)(F)C(F)(F)F. The van der Waals surface area contributed by atoms with Crippen LogP contribution in [0.15, 0.2) is 11.1 Å². The monoisotopic (exact) mass is 332 g/mol. The van der Waals surface area contributed by atoms with E-state index in [1.54, 1.807) is 0 Å². The highest BCUT2D eigenvalue weighted by Crippen LogP contribution is 2.55. The lowest BCUT2D eigenvalue weighted by Crippen LogP contribution is -2.61. The zero-order valence-electron chi connectivity index (χ0n) is 10.5. The highest BCUT2D eigenvalue weighted by Gasteiger charge is 2.82. The van der Waals surface area contributed by atoms with Gasteiger partial charge < -0.3 is 5.11 Å². The molecule has 0 aromatic carbocycles. The molecule has 124 valence electrons. The highest BCUT2D eigenvalue weighted by molar-refractivity contribution is 5.87. The van der Waals surface area contributed by atoms with Crippen LogP contribution in [0.1, 0.15) is 20.3 Å². The number of aliphatic carboxylic acids is 1. The molecule has 0 bridgehead atoms. The van der Waals surface area contributed by atoms with E-state index in [4.69, 9.17) is 5.11 Å². The summed E-state index contributed by atoms with van der Waals surface area (Å²) in [5.74, 6) is -22.0. The third kappa shape index (κ3) is 2.95. The zero-order chi connectivity index (χ0) is 17.4. The number of rotatable bonds is 5. The number of carbonyl (C=O) groups is 1. The molecule has 0 fully saturated rings. The van der Waals surface area contributed by atoms with Crippen LogP contribution in [0.5, 0.6) is 0 Å². The van der Waals surface area contributed by atoms with Crippen LogP contribution in [0, 0.1) is 0 Å². The molecule has 11 heteroatoms. The summed E-state index contributed by atoms with van der Waals surface area (Å²) in [5, 5.41) is 8.43. The Morgan fingerprint density at radius 3 is 1.52 bits per heavy atom. The first-order valence-electron chi connectivity index (χ1n) is 5.19. The quantitative estimate of drug-likeness (QED) is 0.603. The van der Waals surface area contributed by atoms with E-state index >= 15 is 0 Å². The molecule has 0 aromatic heterocycles. The molecule has 0 saturated carbocycles. The summed E-state index contributed by atoms with van der Waals surface area (Å²) >= 11 is 0. The van der Waals surface area contributed by atoms with E-state index in [1.807, 2.05) is 0 Å². The summed E-state index contributed by atoms with van der Waals surface area (Å²) in [6.45, 7) is 1.12. The molecular weight excluding hydrogens is 323 g/mol. The van der Waals surface area contributed by atoms with Crippen molar-refractivity contribution in [3.63, 3.8) is 0 Å². The minimum atomic E-state index is -7.04. The Labute approximate surface area is 112 Å². The molecule has 0 rings (SSSR count). The Morgan fingerprint density at radius 2 is 1.29 bits per heavy atom. The third-order valence-corrected chi connectivity index (χ3v) is 2.65. The Hall–Kier alpha value is -1.42. The molecule has 0 spiro atoms. The van der Waals surface area contributed by atoms with Crippen molar-refractivity contribution in [3.8, 4) is 0 Å². The van der Waals surface area contributed by atoms with E-state index < -0.39 is 47.5 Å². The Kier molecular flexibility index (Phi) is 5.04. The number of hydrogen-bond donors (Lipinski definition) is 1. The zero-order valence-corrected chi connectivity index (χ0v) is 10.5. The maximum Gasteiger partial charge on any atom is 0.460 e. The molecular formula is C10H9F9O2. The summed E-state index contributed by atoms with van der Waals surface area (Å²) in [7, 11) is 0. The topological polar surface area (TPSA) is 37.3 Å². The molecule has 0 unspecified atom stereocenters. The minimum Gasteiger partial charge on any atom is -0.478 e. The Balaban J connectivity index is 6.24. The molecule has 0 saturated heterocycles. The second-order valence-corrected chi connectivity index (χ2v) is 3.98. The normalized spacial score (nSPS) is 15.8. The van der Waals surface area contributed by atoms with E-state index in [0.29, 0.717) is 6.92 Å². The van der Waals surface area contributed by atoms with Crippen LogP contribution < -0.4 is 0 Å². The second-order valence-electron chi connectivity index (χ2n) is 3.98. The number of allylic oxidation sites excluding steroid dienone is 1. The van der Waals surface area contributed by atoms with Gasteiger partial charge in [-0.2, -0.15) is 39.5 Å². The molecule has 21 heavy (non-hydrogen) atoms. The van der Waals surface area contributed by atoms with Crippen LogP contribution in [-0.2, 0) is 4.79 Å². The lowest BCUT2D eigenvalue weighted by Gasteiger charge is -2.35. The van der Waals surface area contributed by atoms with Crippen molar-refractivity contribution >= 4 is 5.97 Å². The predicted octanol–water partition coefficient (Wildman–Crippen LogP) is 4.27. The molecule has 0 aliphatic carbocycles. The van der Waals surface area contributed by atoms with Gasteiger partial charge in [0.25, 0.3) is 0 Å². The Bertz CT molecular complexity index is 448. The van der Waals surface area contributed by atoms with Crippen molar-refractivity contribution in [3.05, 3.63) is 11.1 Å². The van der Waals surface area contributed by atoms with Gasteiger partial charge in [0.2, 0.25) is 0 Å². The summed E-state index contributed by atoms with van der Waals surface area (Å²) in [6, 6.07) is 0. The van der Waals surface area contributed by atoms with Crippen LogP contribution in [0.2, 0.25) is 0 Å². The first-order valence-corrected chi connectivity index (χ1v) is 5.19. The van der Waals surface area contributed by atoms with Crippen LogP contribution in [0.25, 0.3) is 0 Å². The van der Waals surface area contributed by atoms with Gasteiger partial charge in [-0.1, -0.05) is 6.92 Å². The predicted molar refractivity (Wildman–Crippen MR) is 51.5 cm³/mol. The molecule has 0 aliphatic heterocycles. The standard InChI is InChI=1S/C10H9F9O2/c1-3-5(4(2)6(20)21)7(11,12)8(13,14)9(15,16)10(17,18)19/h3H2,1-2H3,(H,20,21). The van der Waals surface area contributed by atoms with E-state index in [-0.39, 0.29) is 0 Å². The van der Waals surface area contributed by atoms with Gasteiger partial charge in [-0.25, -0.2) is 4.79 Å². The van der Waals surface area contributed by atoms with Crippen molar-refractivity contribution in [1.29, 1.82) is 0 Å². The number of halogens is 9. The van der Waals surface area contributed by atoms with E-state index in [0.717, 1.165) is 6.92 Å². The minimum absolute atomic E-state index is 0.400. The fourth-order valence-corrected chi connectivity index (χ4v) is 1.42. The fraction of sp³-hybridized carbons (Fsp3) is 0.700. The lowest BCUT2D eigenvalue weighted by atomic mass is 9.91. The van der Waals surface area contributed by atoms with Gasteiger partial charge in [0.1, 0.15) is 0 Å². The van der Waals surface area contributed by atoms with E-state index in [2.05, 4.69) is 0 Å². The first-order chi connectivity index (χ1) is 9.05. The van der Waals surface area contributed by atoms with Crippen molar-refractivity contribution < 1.29 is 49.4 Å². The summed E-state index contributed by atoms with van der Waals surface area (Å²) in [6.07, 6.45) is -8.09. The molecule has 0 aliphatic rings. The summed E-state index contributed by atoms with van der Waals surface area (Å²) in [4.78, 5) is 10.5. The maximum atomic E-state index is 13.5. The highest BCUT2D eigenvalue weighted by atomic mass is 19.4. The average molecular weight is 332 g/mol. The smallest absolute Gasteiger partial charge is 0.460 e. The van der Waals surface area contributed by atoms with Crippen LogP contribution in [0.4, 0.5) is 39.5 Å². The molecule has 1 N–H and O–H groups in total. The van der Waals surface area contributed by atoms with E-state index in [1.165, 1.54) is 0 Å². The lowest BCUT2D eigenvalue weighted by molar-refractivity contribution is -0.390. The Morgan fingerprint density at radius 1 is 0.905 bits per heavy atom. The maximum absolute atomic E-state index is 13.5. The summed E-state index contributed by atoms with van der Waals surface area (Å²) in [5.41, 5.74) is -3.44. The van der Waals surface area contributed by atoms with Gasteiger partial charge in [0.15, 0.2) is 0 Å². The fourth-order valence-electron chi connectivity index (χ4n) is 1.42. The molecule has 0 heterocycles. The first kappa shape index (κ1) is 19.6. The van der Waals surface area contributed by atoms with Crippen LogP contribution >= 0.6 is 0 Å². The van der Waals surface area contributed by atoms with Gasteiger partial charge in [-0.15, -0.1) is 0 Å². The summed E-state index contributed by atoms with van der Waals surface area (Å²) < 4.78 is 114. The average Bonchev–Trinajstić information content (AvgIpc) is 2.27. The molecule has 0 aromatic rings. The number of alkyl halides is 9. The number of carboxylic acid groups (broad SMARTS) is 1. The second kappa shape index (κ2) is 5.41. The van der Waals surface area contributed by atoms with Gasteiger partial charge >= 0.3 is 29.9 Å². The van der Waals surface area contributed by atoms with Crippen molar-refractivity contribution in [2.75, 3.05) is 0 Å². The molecule has 0 amide bonds. The molecule has 0 radical (unpaired) electrons. The third-order valence-electron chi connectivity index (χ3n) is 2.65. The van der Waals surface area contributed by atoms with Gasteiger partial charge in [0.05, 0.1) is 0 Å². The van der Waals surface area contributed by atoms with Crippen molar-refractivity contribution in [1.82, 2.24) is 0 Å². The van der Waals surface area contributed by atoms with Crippen LogP contribution in [-0.4, -0.2) is 35.0 Å².